The van der Waals surface area contributed by atoms with Gasteiger partial charge >= 0.3 is 139 Å². The zero-order chi connectivity index (χ0) is 16.0. The first-order chi connectivity index (χ1) is 10.2. The summed E-state index contributed by atoms with van der Waals surface area (Å²) in [5, 5.41) is 0. The topological polar surface area (TPSA) is 18.5 Å². The van der Waals surface area contributed by atoms with Crippen molar-refractivity contribution in [1.82, 2.24) is 0 Å². The van der Waals surface area contributed by atoms with Crippen molar-refractivity contribution < 1.29 is 6.15 Å². The molecule has 0 heterocycles. The maximum atomic E-state index is 6.78. The summed E-state index contributed by atoms with van der Waals surface area (Å²) in [5.41, 5.74) is 0. The zero-order valence-electron chi connectivity index (χ0n) is 15.4. The molecule has 0 N–H and O–H groups in total. The van der Waals surface area contributed by atoms with Gasteiger partial charge in [0.25, 0.3) is 0 Å². The Morgan fingerprint density at radius 1 is 0.714 bits per heavy atom. The van der Waals surface area contributed by atoms with E-state index in [1.165, 1.54) is 73.1 Å². The number of hydrogen-bond donors (Lipinski definition) is 0. The third-order valence-electron chi connectivity index (χ3n) is 4.34. The van der Waals surface area contributed by atoms with Crippen LogP contribution < -0.4 is 0 Å². The van der Waals surface area contributed by atoms with Gasteiger partial charge in [-0.2, -0.15) is 0 Å². The van der Waals surface area contributed by atoms with Crippen molar-refractivity contribution in [1.29, 1.82) is 0 Å². The van der Waals surface area contributed by atoms with Crippen LogP contribution in [0.15, 0.2) is 0 Å². The normalized spacial score (nSPS) is 12.3. The molecule has 0 saturated carbocycles. The van der Waals surface area contributed by atoms with Gasteiger partial charge < -0.3 is 0 Å². The molecule has 0 aliphatic carbocycles. The monoisotopic (exact) mass is 408 g/mol. The van der Waals surface area contributed by atoms with Crippen LogP contribution in [-0.2, 0) is 6.15 Å². The molecule has 0 aromatic rings. The van der Waals surface area contributed by atoms with E-state index >= 15 is 0 Å². The van der Waals surface area contributed by atoms with Crippen molar-refractivity contribution in [3.05, 3.63) is 0 Å². The van der Waals surface area contributed by atoms with E-state index in [0.29, 0.717) is 6.10 Å². The minimum absolute atomic E-state index is 0.467. The van der Waals surface area contributed by atoms with Crippen LogP contribution in [0.2, 0.25) is 8.87 Å². The van der Waals surface area contributed by atoms with Crippen LogP contribution in [0.25, 0.3) is 0 Å². The third-order valence-corrected chi connectivity index (χ3v) is 15.0. The fourth-order valence-electron chi connectivity index (χ4n) is 2.82. The number of hydrogen-bond acceptors (Lipinski definition) is 2. The second kappa shape index (κ2) is 14.3. The SMILES string of the molecule is CCCCC(CCCC)[O][Sn]([CH2]CCC)([CH2]CCC)[O]C. The van der Waals surface area contributed by atoms with Crippen molar-refractivity contribution >= 4 is 19.2 Å². The molecule has 128 valence electrons. The van der Waals surface area contributed by atoms with E-state index in [4.69, 9.17) is 6.15 Å². The first-order valence-corrected chi connectivity index (χ1v) is 15.8. The molecule has 0 aliphatic rings. The van der Waals surface area contributed by atoms with Crippen LogP contribution in [0.5, 0.6) is 0 Å². The van der Waals surface area contributed by atoms with Crippen LogP contribution >= 0.6 is 0 Å². The Morgan fingerprint density at radius 3 is 1.48 bits per heavy atom. The van der Waals surface area contributed by atoms with E-state index in [2.05, 4.69) is 27.7 Å². The van der Waals surface area contributed by atoms with E-state index < -0.39 is 19.2 Å². The van der Waals surface area contributed by atoms with Gasteiger partial charge in [0.05, 0.1) is 0 Å². The molecule has 2 nitrogen and oxygen atoms in total. The van der Waals surface area contributed by atoms with Gasteiger partial charge in [-0.3, -0.25) is 0 Å². The Kier molecular flexibility index (Phi) is 14.8. The van der Waals surface area contributed by atoms with E-state index in [0.717, 1.165) is 0 Å². The second-order valence-electron chi connectivity index (χ2n) is 6.35. The molecule has 0 spiro atoms. The van der Waals surface area contributed by atoms with Gasteiger partial charge in [-0.25, -0.2) is 0 Å². The summed E-state index contributed by atoms with van der Waals surface area (Å²) in [5.74, 6) is 0. The molecule has 0 radical (unpaired) electrons. The van der Waals surface area contributed by atoms with E-state index in [1.807, 2.05) is 7.11 Å². The van der Waals surface area contributed by atoms with Crippen molar-refractivity contribution in [2.24, 2.45) is 0 Å². The Balaban J connectivity index is 4.71. The molecule has 0 aromatic carbocycles. The molecule has 0 amide bonds. The summed E-state index contributed by atoms with van der Waals surface area (Å²) in [7, 11) is 1.93. The van der Waals surface area contributed by atoms with Crippen molar-refractivity contribution in [2.75, 3.05) is 7.11 Å². The third kappa shape index (κ3) is 10.2. The Morgan fingerprint density at radius 2 is 1.14 bits per heavy atom. The maximum absolute atomic E-state index is 6.78. The molecule has 0 atom stereocenters. The Hall–Kier alpha value is 0.719. The van der Waals surface area contributed by atoms with Gasteiger partial charge in [-0.15, -0.1) is 0 Å². The van der Waals surface area contributed by atoms with Crippen LogP contribution in [0.1, 0.15) is 91.9 Å². The average molecular weight is 407 g/mol. The molecule has 0 rings (SSSR count). The predicted octanol–water partition coefficient (Wildman–Crippen LogP) is 6.44. The molecule has 21 heavy (non-hydrogen) atoms. The predicted molar refractivity (Wildman–Crippen MR) is 96.1 cm³/mol. The Labute approximate surface area is 139 Å². The van der Waals surface area contributed by atoms with Gasteiger partial charge in [-0.1, -0.05) is 0 Å². The quantitative estimate of drug-likeness (QED) is 0.291. The summed E-state index contributed by atoms with van der Waals surface area (Å²) >= 11 is -2.81. The van der Waals surface area contributed by atoms with Gasteiger partial charge in [0, 0.05) is 0 Å². The van der Waals surface area contributed by atoms with Gasteiger partial charge in [0.1, 0.15) is 0 Å². The number of rotatable bonds is 15. The summed E-state index contributed by atoms with van der Waals surface area (Å²) in [6, 6.07) is 0. The molecule has 3 heteroatoms. The van der Waals surface area contributed by atoms with Crippen LogP contribution in [0.3, 0.4) is 0 Å². The van der Waals surface area contributed by atoms with E-state index in [-0.39, 0.29) is 0 Å². The first-order valence-electron chi connectivity index (χ1n) is 9.40. The summed E-state index contributed by atoms with van der Waals surface area (Å²) in [4.78, 5) is 0. The average Bonchev–Trinajstić information content (AvgIpc) is 2.52. The summed E-state index contributed by atoms with van der Waals surface area (Å²) in [6.07, 6.45) is 13.1. The minimum atomic E-state index is -2.81. The molecular formula is C18H40O2Sn. The van der Waals surface area contributed by atoms with Crippen molar-refractivity contribution in [2.45, 2.75) is 107 Å². The summed E-state index contributed by atoms with van der Waals surface area (Å²) < 4.78 is 15.4. The van der Waals surface area contributed by atoms with Crippen molar-refractivity contribution in [3.8, 4) is 0 Å². The first kappa shape index (κ1) is 21.7. The molecular weight excluding hydrogens is 367 g/mol. The van der Waals surface area contributed by atoms with Crippen LogP contribution in [0.4, 0.5) is 0 Å². The number of unbranched alkanes of at least 4 members (excludes halogenated alkanes) is 4. The van der Waals surface area contributed by atoms with Gasteiger partial charge in [0.2, 0.25) is 0 Å². The van der Waals surface area contributed by atoms with Crippen LogP contribution in [0, 0.1) is 0 Å². The Bertz CT molecular complexity index is 205. The molecule has 0 fully saturated rings. The fourth-order valence-corrected chi connectivity index (χ4v) is 13.1. The van der Waals surface area contributed by atoms with Gasteiger partial charge in [0.15, 0.2) is 0 Å². The fraction of sp³-hybridized carbons (Fsp3) is 1.00. The van der Waals surface area contributed by atoms with Crippen molar-refractivity contribution in [3.63, 3.8) is 0 Å². The van der Waals surface area contributed by atoms with E-state index in [1.54, 1.807) is 0 Å². The summed E-state index contributed by atoms with van der Waals surface area (Å²) in [6.45, 7) is 9.10. The molecule has 0 bridgehead atoms. The van der Waals surface area contributed by atoms with Gasteiger partial charge in [-0.05, 0) is 0 Å². The zero-order valence-corrected chi connectivity index (χ0v) is 18.2. The molecule has 0 aliphatic heterocycles. The van der Waals surface area contributed by atoms with Crippen LogP contribution in [-0.4, -0.2) is 32.4 Å². The molecule has 0 unspecified atom stereocenters. The molecule has 0 saturated heterocycles. The molecule has 0 aromatic heterocycles. The second-order valence-corrected chi connectivity index (χ2v) is 16.2. The van der Waals surface area contributed by atoms with E-state index in [9.17, 15) is 0 Å². The standard InChI is InChI=1S/C9H19O.2C4H9.CH3O.Sn/c1-3-5-7-9(10)8-6-4-2;2*1-3-4-2;1-2;/h9H,3-8H2,1-2H3;2*1,3-4H2,2H3;1H3;/q-1;;;-1;+2.